The van der Waals surface area contributed by atoms with Crippen LogP contribution in [0.1, 0.15) is 22.3 Å². The van der Waals surface area contributed by atoms with Crippen LogP contribution in [0.25, 0.3) is 0 Å². The molecule has 192 valence electrons. The number of rotatable bonds is 7. The van der Waals surface area contributed by atoms with Crippen LogP contribution in [-0.2, 0) is 22.9 Å². The first-order valence-electron chi connectivity index (χ1n) is 9.58. The Kier molecular flexibility index (Phi) is 7.30. The monoisotopic (exact) mass is 534 g/mol. The summed E-state index contributed by atoms with van der Waals surface area (Å²) >= 11 is 0. The molecule has 1 unspecified atom stereocenters. The van der Waals surface area contributed by atoms with E-state index in [1.165, 1.54) is 6.07 Å². The first-order valence-corrected chi connectivity index (χ1v) is 10.7. The predicted octanol–water partition coefficient (Wildman–Crippen LogP) is -0.523. The van der Waals surface area contributed by atoms with Crippen molar-refractivity contribution >= 4 is 16.8 Å². The lowest BCUT2D eigenvalue weighted by molar-refractivity contribution is -0.328. The summed E-state index contributed by atoms with van der Waals surface area (Å²) in [5.41, 5.74) is -4.75. The maximum Gasteiger partial charge on any atom is 0.309 e. The number of nitriles is 2. The van der Waals surface area contributed by atoms with E-state index in [1.807, 2.05) is 0 Å². The number of ether oxygens (including phenoxy) is 1. The summed E-state index contributed by atoms with van der Waals surface area (Å²) in [5.74, 6) is -13.3. The van der Waals surface area contributed by atoms with Crippen molar-refractivity contribution in [2.24, 2.45) is 0 Å². The average molecular weight is 534 g/mol. The lowest BCUT2D eigenvalue weighted by Crippen LogP contribution is -2.30. The quantitative estimate of drug-likeness (QED) is 0.173. The van der Waals surface area contributed by atoms with Gasteiger partial charge in [-0.3, -0.25) is 4.72 Å². The van der Waals surface area contributed by atoms with Gasteiger partial charge < -0.3 is 45.6 Å². The summed E-state index contributed by atoms with van der Waals surface area (Å²) in [7, 11) is -2.03. The Bertz CT molecular complexity index is 1430. The van der Waals surface area contributed by atoms with Gasteiger partial charge in [0, 0.05) is 0 Å². The van der Waals surface area contributed by atoms with Gasteiger partial charge in [-0.15, -0.1) is 0 Å². The molecule has 0 aliphatic carbocycles. The minimum atomic E-state index is -4.01. The number of phenols is 2. The molecule has 0 amide bonds. The van der Waals surface area contributed by atoms with Crippen LogP contribution in [0.5, 0.6) is 23.0 Å². The highest BCUT2D eigenvalue weighted by atomic mass is 32.2. The number of nitrogens with zero attached hydrogens (tertiary/aromatic N) is 3. The molecule has 9 N–H and O–H groups in total. The topological polar surface area (TPSA) is 261 Å². The predicted molar refractivity (Wildman–Crippen MR) is 117 cm³/mol. The highest BCUT2D eigenvalue weighted by molar-refractivity contribution is 7.86. The van der Waals surface area contributed by atoms with Crippen LogP contribution in [0.4, 0.5) is 10.2 Å². The molecule has 1 heterocycles. The zero-order valence-electron chi connectivity index (χ0n) is 18.0. The van der Waals surface area contributed by atoms with E-state index in [4.69, 9.17) is 4.74 Å². The number of pyridine rings is 1. The van der Waals surface area contributed by atoms with Crippen molar-refractivity contribution in [3.05, 3.63) is 64.6 Å². The Hall–Kier alpha value is -4.39. The fourth-order valence-electron chi connectivity index (χ4n) is 3.06. The Morgan fingerprint density at radius 1 is 0.946 bits per heavy atom. The van der Waals surface area contributed by atoms with Crippen molar-refractivity contribution in [2.45, 2.75) is 16.8 Å². The molecule has 0 saturated heterocycles. The van der Waals surface area contributed by atoms with E-state index in [-0.39, 0.29) is 10.7 Å². The van der Waals surface area contributed by atoms with Crippen LogP contribution in [0.2, 0.25) is 0 Å². The molecule has 1 atom stereocenters. The van der Waals surface area contributed by atoms with Crippen molar-refractivity contribution in [1.29, 1.82) is 10.5 Å². The average Bonchev–Trinajstić information content (AvgIpc) is 2.80. The number of anilines is 1. The van der Waals surface area contributed by atoms with Crippen molar-refractivity contribution in [2.75, 3.05) is 4.72 Å². The number of aliphatic hydroxyl groups is 6. The van der Waals surface area contributed by atoms with Gasteiger partial charge in [0.25, 0.3) is 0 Å². The molecular formula is C21H15FN4O10S. The smallest absolute Gasteiger partial charge is 0.309 e. The molecule has 16 heteroatoms. The number of phenolic OH excluding ortho intramolecular Hbond substituents is 2. The summed E-state index contributed by atoms with van der Waals surface area (Å²) in [6.07, 6.45) is 0.871. The lowest BCUT2D eigenvalue weighted by atomic mass is 9.95. The second-order valence-electron chi connectivity index (χ2n) is 7.14. The maximum atomic E-state index is 13.0. The number of hydrogen-bond acceptors (Lipinski definition) is 13. The Morgan fingerprint density at radius 2 is 1.54 bits per heavy atom. The lowest BCUT2D eigenvalue weighted by Gasteiger charge is -2.25. The zero-order valence-corrected chi connectivity index (χ0v) is 18.8. The van der Waals surface area contributed by atoms with Gasteiger partial charge in [-0.05, 0) is 30.3 Å². The van der Waals surface area contributed by atoms with Crippen LogP contribution < -0.4 is 9.46 Å². The van der Waals surface area contributed by atoms with Crippen LogP contribution >= 0.6 is 0 Å². The van der Waals surface area contributed by atoms with E-state index in [0.717, 1.165) is 36.5 Å². The first kappa shape index (κ1) is 27.2. The molecule has 2 aromatic carbocycles. The van der Waals surface area contributed by atoms with Gasteiger partial charge in [0.1, 0.15) is 40.6 Å². The highest BCUT2D eigenvalue weighted by Gasteiger charge is 2.42. The second-order valence-corrected chi connectivity index (χ2v) is 8.35. The van der Waals surface area contributed by atoms with Gasteiger partial charge in [0.2, 0.25) is 5.75 Å². The van der Waals surface area contributed by atoms with Crippen molar-refractivity contribution < 1.29 is 54.2 Å². The summed E-state index contributed by atoms with van der Waals surface area (Å²) in [6, 6.07) is 8.28. The van der Waals surface area contributed by atoms with E-state index < -0.39 is 74.0 Å². The van der Waals surface area contributed by atoms with Crippen LogP contribution in [0.3, 0.4) is 0 Å². The van der Waals surface area contributed by atoms with E-state index >= 15 is 0 Å². The molecule has 0 spiro atoms. The zero-order chi connectivity index (χ0) is 27.7. The number of aromatic nitrogens is 1. The number of nitrogens with one attached hydrogen (secondary N) is 1. The first-order chi connectivity index (χ1) is 17.2. The molecule has 0 fully saturated rings. The number of hydrogen-bond donors (Lipinski definition) is 9. The number of aromatic hydroxyl groups is 2. The summed E-state index contributed by atoms with van der Waals surface area (Å²) in [6.45, 7) is 0. The van der Waals surface area contributed by atoms with Crippen LogP contribution in [-0.4, -0.2) is 50.0 Å². The minimum absolute atomic E-state index is 0.0233. The molecule has 0 radical (unpaired) electrons. The maximum absolute atomic E-state index is 13.0. The van der Waals surface area contributed by atoms with Gasteiger partial charge >= 0.3 is 11.9 Å². The van der Waals surface area contributed by atoms with Gasteiger partial charge in [-0.2, -0.15) is 10.5 Å². The third-order valence-corrected chi connectivity index (χ3v) is 5.69. The van der Waals surface area contributed by atoms with Crippen LogP contribution in [0.15, 0.2) is 41.4 Å². The van der Waals surface area contributed by atoms with Crippen molar-refractivity contribution in [3.8, 4) is 35.1 Å². The normalized spacial score (nSPS) is 12.4. The Morgan fingerprint density at radius 3 is 2.00 bits per heavy atom. The standard InChI is InChI=1S/C21H15FN4O10S/c22-10-1-4-14(25-8-10)26-37(35)11-2-3-13(9(5-11)6-23)36-19-17(27)15(20(29,30)31)12(7-24)16(18(19)28)21(32,33)34/h1-5,8,27-34H,(H,25,26). The third kappa shape index (κ3) is 5.56. The second kappa shape index (κ2) is 9.93. The molecular weight excluding hydrogens is 519 g/mol. The SMILES string of the molecule is N#Cc1cc(S(=O)Nc2ccc(F)cn2)ccc1Oc1c(O)c(C(O)(O)O)c(C#N)c(C(O)(O)O)c1O. The summed E-state index contributed by atoms with van der Waals surface area (Å²) in [5, 5.41) is 97.1. The van der Waals surface area contributed by atoms with E-state index in [0.29, 0.717) is 0 Å². The van der Waals surface area contributed by atoms with Gasteiger partial charge in [-0.25, -0.2) is 13.6 Å². The molecule has 3 aromatic rings. The van der Waals surface area contributed by atoms with Crippen molar-refractivity contribution in [1.82, 2.24) is 4.98 Å². The molecule has 0 aliphatic rings. The fraction of sp³-hybridized carbons (Fsp3) is 0.0952. The number of halogens is 1. The molecule has 37 heavy (non-hydrogen) atoms. The van der Waals surface area contributed by atoms with E-state index in [1.54, 1.807) is 6.07 Å². The third-order valence-electron chi connectivity index (χ3n) is 4.61. The number of benzene rings is 2. The molecule has 3 rings (SSSR count). The molecule has 0 bridgehead atoms. The van der Waals surface area contributed by atoms with Crippen LogP contribution in [0, 0.1) is 28.5 Å². The summed E-state index contributed by atoms with van der Waals surface area (Å²) in [4.78, 5) is 3.66. The minimum Gasteiger partial charge on any atom is -0.504 e. The highest BCUT2D eigenvalue weighted by Crippen LogP contribution is 2.50. The van der Waals surface area contributed by atoms with Crippen molar-refractivity contribution in [3.63, 3.8) is 0 Å². The van der Waals surface area contributed by atoms with E-state index in [2.05, 4.69) is 9.71 Å². The fourth-order valence-corrected chi connectivity index (χ4v) is 3.91. The van der Waals surface area contributed by atoms with Gasteiger partial charge in [0.15, 0.2) is 22.5 Å². The molecule has 1 aromatic heterocycles. The van der Waals surface area contributed by atoms with E-state index in [9.17, 15) is 60.0 Å². The Balaban J connectivity index is 2.10. The molecule has 14 nitrogen and oxygen atoms in total. The largest absolute Gasteiger partial charge is 0.504 e. The molecule has 0 aliphatic heterocycles. The van der Waals surface area contributed by atoms with Gasteiger partial charge in [-0.1, -0.05) is 0 Å². The summed E-state index contributed by atoms with van der Waals surface area (Å²) < 4.78 is 33.2. The Labute approximate surface area is 208 Å². The van der Waals surface area contributed by atoms with Gasteiger partial charge in [0.05, 0.1) is 22.2 Å². The molecule has 0 saturated carbocycles.